The minimum Gasteiger partial charge on any atom is -0.352 e. The SMILES string of the molecule is Cc1c([N+](=O)[O-])cc(C(=O)NCC(C)C)cc1S(=O)(=O)Cl. The Morgan fingerprint density at radius 2 is 2.00 bits per heavy atom. The minimum absolute atomic E-state index is 0.101. The molecule has 0 aromatic heterocycles. The van der Waals surface area contributed by atoms with E-state index in [0.717, 1.165) is 12.1 Å². The van der Waals surface area contributed by atoms with Gasteiger partial charge in [-0.1, -0.05) is 13.8 Å². The van der Waals surface area contributed by atoms with Crippen molar-refractivity contribution in [3.63, 3.8) is 0 Å². The number of benzene rings is 1. The molecule has 0 aliphatic heterocycles. The van der Waals surface area contributed by atoms with Crippen molar-refractivity contribution in [2.24, 2.45) is 5.92 Å². The van der Waals surface area contributed by atoms with E-state index in [1.54, 1.807) is 0 Å². The predicted molar refractivity (Wildman–Crippen MR) is 78.0 cm³/mol. The molecule has 0 aliphatic carbocycles. The van der Waals surface area contributed by atoms with Crippen molar-refractivity contribution in [1.82, 2.24) is 5.32 Å². The third-order valence-electron chi connectivity index (χ3n) is 2.73. The van der Waals surface area contributed by atoms with E-state index in [0.29, 0.717) is 6.54 Å². The van der Waals surface area contributed by atoms with Gasteiger partial charge >= 0.3 is 0 Å². The van der Waals surface area contributed by atoms with Gasteiger partial charge in [0.1, 0.15) is 0 Å². The molecule has 1 rings (SSSR count). The number of nitrogens with one attached hydrogen (secondary N) is 1. The molecule has 1 N–H and O–H groups in total. The van der Waals surface area contributed by atoms with Crippen LogP contribution in [0, 0.1) is 23.0 Å². The van der Waals surface area contributed by atoms with Crippen LogP contribution < -0.4 is 5.32 Å². The molecule has 1 aromatic rings. The van der Waals surface area contributed by atoms with Gasteiger partial charge in [-0.05, 0) is 18.9 Å². The molecule has 9 heteroatoms. The fraction of sp³-hybridized carbons (Fsp3) is 0.417. The lowest BCUT2D eigenvalue weighted by molar-refractivity contribution is -0.385. The van der Waals surface area contributed by atoms with Crippen LogP contribution in [0.4, 0.5) is 5.69 Å². The van der Waals surface area contributed by atoms with Crippen LogP contribution in [0.3, 0.4) is 0 Å². The third-order valence-corrected chi connectivity index (χ3v) is 4.17. The van der Waals surface area contributed by atoms with E-state index in [2.05, 4.69) is 5.32 Å². The molecule has 0 atom stereocenters. The van der Waals surface area contributed by atoms with Crippen LogP contribution in [-0.4, -0.2) is 25.8 Å². The molecule has 0 bridgehead atoms. The highest BCUT2D eigenvalue weighted by molar-refractivity contribution is 8.13. The summed E-state index contributed by atoms with van der Waals surface area (Å²) in [5.74, 6) is -0.404. The molecule has 116 valence electrons. The van der Waals surface area contributed by atoms with Gasteiger partial charge in [0.25, 0.3) is 20.6 Å². The zero-order chi connectivity index (χ0) is 16.4. The average molecular weight is 335 g/mol. The number of hydrogen-bond acceptors (Lipinski definition) is 5. The summed E-state index contributed by atoms with van der Waals surface area (Å²) in [6, 6.07) is 2.08. The van der Waals surface area contributed by atoms with Gasteiger partial charge in [-0.3, -0.25) is 14.9 Å². The lowest BCUT2D eigenvalue weighted by atomic mass is 10.1. The lowest BCUT2D eigenvalue weighted by Gasteiger charge is -2.10. The van der Waals surface area contributed by atoms with Crippen molar-refractivity contribution >= 4 is 31.3 Å². The molecule has 0 aliphatic rings. The lowest BCUT2D eigenvalue weighted by Crippen LogP contribution is -2.27. The first kappa shape index (κ1) is 17.4. The topological polar surface area (TPSA) is 106 Å². The maximum Gasteiger partial charge on any atom is 0.274 e. The zero-order valence-electron chi connectivity index (χ0n) is 11.7. The Balaban J connectivity index is 3.38. The highest BCUT2D eigenvalue weighted by Crippen LogP contribution is 2.29. The summed E-state index contributed by atoms with van der Waals surface area (Å²) in [4.78, 5) is 21.7. The van der Waals surface area contributed by atoms with E-state index < -0.39 is 30.5 Å². The predicted octanol–water partition coefficient (Wildman–Crippen LogP) is 2.22. The van der Waals surface area contributed by atoms with Crippen molar-refractivity contribution < 1.29 is 18.1 Å². The van der Waals surface area contributed by atoms with Crippen LogP contribution in [-0.2, 0) is 9.05 Å². The maximum atomic E-state index is 11.9. The number of rotatable bonds is 5. The second-order valence-corrected chi connectivity index (χ2v) is 7.45. The van der Waals surface area contributed by atoms with Crippen molar-refractivity contribution in [3.05, 3.63) is 33.4 Å². The molecule has 0 fully saturated rings. The van der Waals surface area contributed by atoms with Crippen molar-refractivity contribution in [1.29, 1.82) is 0 Å². The Hall–Kier alpha value is -1.67. The molecule has 21 heavy (non-hydrogen) atoms. The van der Waals surface area contributed by atoms with Crippen LogP contribution in [0.15, 0.2) is 17.0 Å². The number of carbonyl (C=O) groups excluding carboxylic acids is 1. The monoisotopic (exact) mass is 334 g/mol. The summed E-state index contributed by atoms with van der Waals surface area (Å²) >= 11 is 0. The highest BCUT2D eigenvalue weighted by atomic mass is 35.7. The van der Waals surface area contributed by atoms with Gasteiger partial charge in [0.15, 0.2) is 0 Å². The van der Waals surface area contributed by atoms with Crippen LogP contribution in [0.25, 0.3) is 0 Å². The van der Waals surface area contributed by atoms with Crippen molar-refractivity contribution in [2.75, 3.05) is 6.54 Å². The van der Waals surface area contributed by atoms with E-state index in [-0.39, 0.29) is 17.0 Å². The minimum atomic E-state index is -4.19. The summed E-state index contributed by atoms with van der Waals surface area (Å²) in [7, 11) is 1.07. The molecule has 1 amide bonds. The number of nitro benzene ring substituents is 1. The normalized spacial score (nSPS) is 11.5. The first-order valence-electron chi connectivity index (χ1n) is 6.06. The molecule has 0 heterocycles. The van der Waals surface area contributed by atoms with E-state index in [9.17, 15) is 23.3 Å². The fourth-order valence-electron chi connectivity index (χ4n) is 1.65. The number of carbonyl (C=O) groups is 1. The quantitative estimate of drug-likeness (QED) is 0.504. The Morgan fingerprint density at radius 1 is 1.43 bits per heavy atom. The molecule has 0 radical (unpaired) electrons. The second-order valence-electron chi connectivity index (χ2n) is 4.92. The van der Waals surface area contributed by atoms with E-state index in [4.69, 9.17) is 10.7 Å². The number of nitro groups is 1. The molecule has 0 saturated carbocycles. The van der Waals surface area contributed by atoms with Crippen molar-refractivity contribution in [3.8, 4) is 0 Å². The van der Waals surface area contributed by atoms with Crippen LogP contribution in [0.1, 0.15) is 29.8 Å². The van der Waals surface area contributed by atoms with E-state index in [1.165, 1.54) is 6.92 Å². The summed E-state index contributed by atoms with van der Waals surface area (Å²) < 4.78 is 23.0. The first-order chi connectivity index (χ1) is 9.54. The Morgan fingerprint density at radius 3 is 2.43 bits per heavy atom. The molecular weight excluding hydrogens is 320 g/mol. The van der Waals surface area contributed by atoms with Crippen LogP contribution >= 0.6 is 10.7 Å². The summed E-state index contributed by atoms with van der Waals surface area (Å²) in [6.07, 6.45) is 0. The maximum absolute atomic E-state index is 11.9. The molecular formula is C12H15ClN2O5S. The Labute approximate surface area is 126 Å². The fourth-order valence-corrected chi connectivity index (χ4v) is 2.86. The van der Waals surface area contributed by atoms with E-state index in [1.807, 2.05) is 13.8 Å². The number of hydrogen-bond donors (Lipinski definition) is 1. The van der Waals surface area contributed by atoms with Gasteiger partial charge in [0.2, 0.25) is 0 Å². The standard InChI is InChI=1S/C12H15ClN2O5S/c1-7(2)6-14-12(16)9-4-10(15(17)18)8(3)11(5-9)21(13,19)20/h4-5,7H,6H2,1-3H3,(H,14,16). The van der Waals surface area contributed by atoms with Gasteiger partial charge in [-0.25, -0.2) is 8.42 Å². The van der Waals surface area contributed by atoms with Crippen molar-refractivity contribution in [2.45, 2.75) is 25.7 Å². The van der Waals surface area contributed by atoms with Gasteiger partial charge in [-0.15, -0.1) is 0 Å². The Bertz CT molecular complexity index is 685. The largest absolute Gasteiger partial charge is 0.352 e. The first-order valence-corrected chi connectivity index (χ1v) is 8.37. The molecule has 0 unspecified atom stereocenters. The Kier molecular flexibility index (Phi) is 5.30. The number of nitrogens with zero attached hydrogens (tertiary/aromatic N) is 1. The highest BCUT2D eigenvalue weighted by Gasteiger charge is 2.25. The molecule has 0 spiro atoms. The van der Waals surface area contributed by atoms with Gasteiger partial charge < -0.3 is 5.32 Å². The van der Waals surface area contributed by atoms with Gasteiger partial charge in [0.05, 0.1) is 9.82 Å². The zero-order valence-corrected chi connectivity index (χ0v) is 13.3. The third kappa shape index (κ3) is 4.40. The molecule has 1 aromatic carbocycles. The number of halogens is 1. The summed E-state index contributed by atoms with van der Waals surface area (Å²) in [5, 5.41) is 13.5. The number of amides is 1. The summed E-state index contributed by atoms with van der Waals surface area (Å²) in [6.45, 7) is 5.39. The van der Waals surface area contributed by atoms with Gasteiger partial charge in [-0.2, -0.15) is 0 Å². The molecule has 7 nitrogen and oxygen atoms in total. The van der Waals surface area contributed by atoms with Gasteiger partial charge in [0, 0.05) is 34.4 Å². The summed E-state index contributed by atoms with van der Waals surface area (Å²) in [5.41, 5.74) is -0.686. The molecule has 0 saturated heterocycles. The van der Waals surface area contributed by atoms with E-state index >= 15 is 0 Å². The second kappa shape index (κ2) is 6.40. The average Bonchev–Trinajstić information content (AvgIpc) is 2.34. The van der Waals surface area contributed by atoms with Crippen LogP contribution in [0.2, 0.25) is 0 Å². The smallest absolute Gasteiger partial charge is 0.274 e. The van der Waals surface area contributed by atoms with Crippen LogP contribution in [0.5, 0.6) is 0 Å².